The van der Waals surface area contributed by atoms with Crippen molar-refractivity contribution >= 4 is 18.3 Å². The van der Waals surface area contributed by atoms with Crippen LogP contribution in [-0.2, 0) is 5.41 Å². The predicted octanol–water partition coefficient (Wildman–Crippen LogP) is 3.99. The van der Waals surface area contributed by atoms with E-state index in [1.807, 2.05) is 18.2 Å². The monoisotopic (exact) mass is 337 g/mol. The van der Waals surface area contributed by atoms with Gasteiger partial charge in [-0.25, -0.2) is 10.2 Å². The molecule has 0 fully saturated rings. The number of phenols is 1. The minimum Gasteiger partial charge on any atom is -0.508 e. The fourth-order valence-electron chi connectivity index (χ4n) is 2.07. The number of urea groups is 1. The molecule has 0 aliphatic carbocycles. The van der Waals surface area contributed by atoms with Crippen LogP contribution >= 0.6 is 0 Å². The maximum Gasteiger partial charge on any atom is 0.339 e. The van der Waals surface area contributed by atoms with Gasteiger partial charge in [-0.2, -0.15) is 5.10 Å². The second-order valence-corrected chi connectivity index (χ2v) is 6.64. The van der Waals surface area contributed by atoms with E-state index in [0.717, 1.165) is 11.1 Å². The van der Waals surface area contributed by atoms with Crippen molar-refractivity contribution in [2.75, 3.05) is 0 Å². The molecule has 0 saturated carbocycles. The van der Waals surface area contributed by atoms with Crippen molar-refractivity contribution < 1.29 is 9.90 Å². The molecule has 0 radical (unpaired) electrons. The van der Waals surface area contributed by atoms with E-state index in [9.17, 15) is 9.90 Å². The third-order valence-corrected chi connectivity index (χ3v) is 3.54. The Morgan fingerprint density at radius 2 is 1.60 bits per heavy atom. The van der Waals surface area contributed by atoms with Crippen LogP contribution in [0.4, 0.5) is 4.79 Å². The fourth-order valence-corrected chi connectivity index (χ4v) is 2.07. The first-order valence-corrected chi connectivity index (χ1v) is 8.00. The van der Waals surface area contributed by atoms with Gasteiger partial charge in [-0.3, -0.25) is 0 Å². The number of amides is 2. The molecule has 0 spiro atoms. The Morgan fingerprint density at radius 3 is 2.20 bits per heavy atom. The Morgan fingerprint density at radius 1 is 1.00 bits per heavy atom. The highest BCUT2D eigenvalue weighted by molar-refractivity contribution is 5.82. The normalized spacial score (nSPS) is 11.8. The number of carbonyl (C=O) groups is 1. The molecular formula is C20H23N3O2. The maximum atomic E-state index is 11.6. The van der Waals surface area contributed by atoms with E-state index < -0.39 is 6.03 Å². The number of benzene rings is 2. The number of hydrogen-bond donors (Lipinski definition) is 3. The Bertz CT molecular complexity index is 755. The van der Waals surface area contributed by atoms with E-state index in [0.29, 0.717) is 0 Å². The molecular weight excluding hydrogens is 314 g/mol. The number of hydrogen-bond acceptors (Lipinski definition) is 3. The van der Waals surface area contributed by atoms with Gasteiger partial charge in [-0.05, 0) is 52.4 Å². The van der Waals surface area contributed by atoms with Gasteiger partial charge < -0.3 is 10.4 Å². The lowest BCUT2D eigenvalue weighted by Crippen LogP contribution is -2.28. The number of rotatable bonds is 4. The predicted molar refractivity (Wildman–Crippen MR) is 102 cm³/mol. The second kappa shape index (κ2) is 8.15. The molecule has 0 aliphatic heterocycles. The molecule has 0 unspecified atom stereocenters. The fraction of sp³-hybridized carbons (Fsp3) is 0.200. The molecule has 0 aromatic heterocycles. The minimum absolute atomic E-state index is 0.121. The van der Waals surface area contributed by atoms with Crippen LogP contribution in [0.5, 0.6) is 5.75 Å². The average Bonchev–Trinajstić information content (AvgIpc) is 2.56. The Kier molecular flexibility index (Phi) is 5.95. The van der Waals surface area contributed by atoms with E-state index >= 15 is 0 Å². The largest absolute Gasteiger partial charge is 0.508 e. The van der Waals surface area contributed by atoms with Crippen molar-refractivity contribution in [3.8, 4) is 5.75 Å². The second-order valence-electron chi connectivity index (χ2n) is 6.64. The van der Waals surface area contributed by atoms with Crippen molar-refractivity contribution in [3.05, 3.63) is 71.4 Å². The van der Waals surface area contributed by atoms with Crippen LogP contribution in [0, 0.1) is 0 Å². The van der Waals surface area contributed by atoms with Gasteiger partial charge in [-0.15, -0.1) is 0 Å². The van der Waals surface area contributed by atoms with Gasteiger partial charge in [0.15, 0.2) is 0 Å². The first kappa shape index (κ1) is 18.3. The van der Waals surface area contributed by atoms with E-state index in [2.05, 4.69) is 48.7 Å². The van der Waals surface area contributed by atoms with Gasteiger partial charge in [0.25, 0.3) is 0 Å². The summed E-state index contributed by atoms with van der Waals surface area (Å²) in [6, 6.07) is 14.3. The zero-order valence-corrected chi connectivity index (χ0v) is 14.7. The number of nitrogens with zero attached hydrogens (tertiary/aromatic N) is 1. The summed E-state index contributed by atoms with van der Waals surface area (Å²) in [4.78, 5) is 11.6. The number of hydrazone groups is 1. The summed E-state index contributed by atoms with van der Waals surface area (Å²) in [5.74, 6) is 0.184. The Labute approximate surface area is 148 Å². The molecule has 2 rings (SSSR count). The van der Waals surface area contributed by atoms with Gasteiger partial charge >= 0.3 is 6.03 Å². The minimum atomic E-state index is -0.433. The molecule has 0 atom stereocenters. The lowest BCUT2D eigenvalue weighted by molar-refractivity contribution is 0.244. The highest BCUT2D eigenvalue weighted by Crippen LogP contribution is 2.22. The topological polar surface area (TPSA) is 73.7 Å². The van der Waals surface area contributed by atoms with Gasteiger partial charge in [0.1, 0.15) is 5.75 Å². The summed E-state index contributed by atoms with van der Waals surface area (Å²) in [6.45, 7) is 6.51. The highest BCUT2D eigenvalue weighted by atomic mass is 16.3. The molecule has 2 aromatic rings. The highest BCUT2D eigenvalue weighted by Gasteiger charge is 2.12. The molecule has 0 bridgehead atoms. The number of aromatic hydroxyl groups is 1. The van der Waals surface area contributed by atoms with Gasteiger partial charge in [0, 0.05) is 6.20 Å². The Balaban J connectivity index is 1.81. The molecule has 5 nitrogen and oxygen atoms in total. The van der Waals surface area contributed by atoms with Crippen molar-refractivity contribution in [1.29, 1.82) is 0 Å². The van der Waals surface area contributed by atoms with Crippen LogP contribution in [0.3, 0.4) is 0 Å². The van der Waals surface area contributed by atoms with E-state index in [4.69, 9.17) is 0 Å². The Hall–Kier alpha value is -3.08. The zero-order valence-electron chi connectivity index (χ0n) is 14.7. The lowest BCUT2D eigenvalue weighted by atomic mass is 9.87. The van der Waals surface area contributed by atoms with Crippen molar-refractivity contribution in [2.45, 2.75) is 26.2 Å². The molecule has 130 valence electrons. The molecule has 0 saturated heterocycles. The molecule has 2 aromatic carbocycles. The summed E-state index contributed by atoms with van der Waals surface area (Å²) in [5, 5.41) is 15.6. The van der Waals surface area contributed by atoms with Crippen molar-refractivity contribution in [3.63, 3.8) is 0 Å². The summed E-state index contributed by atoms with van der Waals surface area (Å²) < 4.78 is 0. The van der Waals surface area contributed by atoms with E-state index in [1.54, 1.807) is 30.5 Å². The van der Waals surface area contributed by atoms with E-state index in [-0.39, 0.29) is 11.2 Å². The standard InChI is InChI=1S/C20H23N3O2/c1-20(2,3)17-8-4-15(5-9-17)12-13-21-19(25)23-22-14-16-6-10-18(24)11-7-16/h4-14,24H,1-3H3,(H2,21,23,25)/b13-12+,22-14+. The molecule has 0 heterocycles. The third kappa shape index (κ3) is 6.14. The quantitative estimate of drug-likeness (QED) is 0.583. The zero-order chi connectivity index (χ0) is 18.3. The number of nitrogens with one attached hydrogen (secondary N) is 2. The third-order valence-electron chi connectivity index (χ3n) is 3.54. The number of phenolic OH excluding ortho intramolecular Hbond substituents is 1. The first-order valence-electron chi connectivity index (χ1n) is 8.00. The van der Waals surface area contributed by atoms with Crippen LogP contribution in [-0.4, -0.2) is 17.4 Å². The molecule has 0 aliphatic rings. The summed E-state index contributed by atoms with van der Waals surface area (Å²) >= 11 is 0. The van der Waals surface area contributed by atoms with Gasteiger partial charge in [-0.1, -0.05) is 45.0 Å². The van der Waals surface area contributed by atoms with Crippen LogP contribution in [0.15, 0.2) is 59.8 Å². The molecule has 3 N–H and O–H groups in total. The van der Waals surface area contributed by atoms with Crippen LogP contribution in [0.2, 0.25) is 0 Å². The summed E-state index contributed by atoms with van der Waals surface area (Å²) in [7, 11) is 0. The van der Waals surface area contributed by atoms with Crippen molar-refractivity contribution in [1.82, 2.24) is 10.7 Å². The summed E-state index contributed by atoms with van der Waals surface area (Å²) in [6.07, 6.45) is 4.88. The molecule has 5 heteroatoms. The lowest BCUT2D eigenvalue weighted by Gasteiger charge is -2.18. The maximum absolute atomic E-state index is 11.6. The van der Waals surface area contributed by atoms with Crippen molar-refractivity contribution in [2.24, 2.45) is 5.10 Å². The molecule has 2 amide bonds. The van der Waals surface area contributed by atoms with Gasteiger partial charge in [0.05, 0.1) is 6.21 Å². The smallest absolute Gasteiger partial charge is 0.339 e. The van der Waals surface area contributed by atoms with Gasteiger partial charge in [0.2, 0.25) is 0 Å². The summed E-state index contributed by atoms with van der Waals surface area (Å²) in [5.41, 5.74) is 5.52. The van der Waals surface area contributed by atoms with Crippen LogP contribution in [0.25, 0.3) is 6.08 Å². The first-order chi connectivity index (χ1) is 11.8. The van der Waals surface area contributed by atoms with Crippen LogP contribution in [0.1, 0.15) is 37.5 Å². The van der Waals surface area contributed by atoms with E-state index in [1.165, 1.54) is 11.8 Å². The molecule has 25 heavy (non-hydrogen) atoms. The average molecular weight is 337 g/mol. The number of carbonyl (C=O) groups excluding carboxylic acids is 1. The SMILES string of the molecule is CC(C)(C)c1ccc(/C=C/NC(=O)N/N=C/c2ccc(O)cc2)cc1. The van der Waals surface area contributed by atoms with Crippen LogP contribution < -0.4 is 10.7 Å².